The van der Waals surface area contributed by atoms with E-state index in [2.05, 4.69) is 29.7 Å². The first-order valence-electron chi connectivity index (χ1n) is 11.8. The van der Waals surface area contributed by atoms with E-state index in [-0.39, 0.29) is 5.92 Å². The number of aliphatic imine (C=N–C) groups is 1. The Bertz CT molecular complexity index is 961. The Morgan fingerprint density at radius 1 is 1.00 bits per heavy atom. The summed E-state index contributed by atoms with van der Waals surface area (Å²) in [6, 6.07) is 3.91. The highest BCUT2D eigenvalue weighted by Crippen LogP contribution is 2.26. The fourth-order valence-corrected chi connectivity index (χ4v) is 4.95. The van der Waals surface area contributed by atoms with Crippen molar-refractivity contribution in [1.29, 1.82) is 0 Å². The lowest BCUT2D eigenvalue weighted by molar-refractivity contribution is -0.138. The van der Waals surface area contributed by atoms with Gasteiger partial charge >= 0.3 is 0 Å². The molecule has 2 aliphatic rings. The zero-order valence-electron chi connectivity index (χ0n) is 19.4. The van der Waals surface area contributed by atoms with E-state index in [4.69, 9.17) is 11.5 Å². The van der Waals surface area contributed by atoms with Gasteiger partial charge in [-0.3, -0.25) is 14.7 Å². The van der Waals surface area contributed by atoms with Gasteiger partial charge in [0.25, 0.3) is 0 Å². The van der Waals surface area contributed by atoms with Crippen LogP contribution in [0.3, 0.4) is 0 Å². The fraction of sp³-hybridized carbons (Fsp3) is 0.542. The first-order valence-corrected chi connectivity index (χ1v) is 11.8. The highest BCUT2D eigenvalue weighted by Gasteiger charge is 2.32. The molecule has 0 saturated carbocycles. The molecule has 4 N–H and O–H groups in total. The molecular formula is C24H34N8O. The smallest absolute Gasteiger partial charge is 0.225 e. The number of nitrogens with zero attached hydrogens (tertiary/aromatic N) is 6. The van der Waals surface area contributed by atoms with Crippen LogP contribution in [0.5, 0.6) is 0 Å². The van der Waals surface area contributed by atoms with Gasteiger partial charge in [-0.05, 0) is 56.5 Å². The van der Waals surface area contributed by atoms with Gasteiger partial charge in [0.05, 0.1) is 0 Å². The number of carbonyl (C=O) groups is 1. The molecule has 2 saturated heterocycles. The van der Waals surface area contributed by atoms with E-state index in [0.717, 1.165) is 76.0 Å². The summed E-state index contributed by atoms with van der Waals surface area (Å²) in [5.41, 5.74) is 14.8. The van der Waals surface area contributed by atoms with Gasteiger partial charge in [-0.1, -0.05) is 0 Å². The maximum Gasteiger partial charge on any atom is 0.225 e. The van der Waals surface area contributed by atoms with Crippen LogP contribution in [-0.4, -0.2) is 69.6 Å². The number of anilines is 2. The Morgan fingerprint density at radius 2 is 1.67 bits per heavy atom. The van der Waals surface area contributed by atoms with Gasteiger partial charge < -0.3 is 16.4 Å². The molecule has 0 spiro atoms. The van der Waals surface area contributed by atoms with Gasteiger partial charge in [0, 0.05) is 74.8 Å². The third-order valence-electron chi connectivity index (χ3n) is 6.86. The van der Waals surface area contributed by atoms with Crippen LogP contribution in [0, 0.1) is 11.8 Å². The predicted molar refractivity (Wildman–Crippen MR) is 129 cm³/mol. The van der Waals surface area contributed by atoms with Crippen molar-refractivity contribution in [3.05, 3.63) is 41.9 Å². The lowest BCUT2D eigenvalue weighted by Crippen LogP contribution is -2.46. The Hall–Kier alpha value is -3.07. The summed E-state index contributed by atoms with van der Waals surface area (Å²) < 4.78 is 0. The van der Waals surface area contributed by atoms with Crippen LogP contribution in [0.1, 0.15) is 36.8 Å². The number of rotatable bonds is 6. The van der Waals surface area contributed by atoms with E-state index in [1.807, 2.05) is 19.2 Å². The zero-order chi connectivity index (χ0) is 23.2. The molecule has 9 nitrogen and oxygen atoms in total. The highest BCUT2D eigenvalue weighted by atomic mass is 16.2. The molecule has 4 rings (SSSR count). The van der Waals surface area contributed by atoms with Crippen LogP contribution in [0.25, 0.3) is 0 Å². The molecule has 33 heavy (non-hydrogen) atoms. The summed E-state index contributed by atoms with van der Waals surface area (Å²) >= 11 is 0. The second-order valence-electron chi connectivity index (χ2n) is 9.08. The van der Waals surface area contributed by atoms with Crippen molar-refractivity contribution in [3.63, 3.8) is 0 Å². The fourth-order valence-electron chi connectivity index (χ4n) is 4.95. The predicted octanol–water partition coefficient (Wildman–Crippen LogP) is 1.80. The van der Waals surface area contributed by atoms with Gasteiger partial charge in [0.15, 0.2) is 0 Å². The van der Waals surface area contributed by atoms with Crippen molar-refractivity contribution in [1.82, 2.24) is 24.8 Å². The lowest BCUT2D eigenvalue weighted by atomic mass is 9.87. The quantitative estimate of drug-likeness (QED) is 0.643. The zero-order valence-corrected chi connectivity index (χ0v) is 19.4. The van der Waals surface area contributed by atoms with Gasteiger partial charge in [0.1, 0.15) is 5.82 Å². The number of amides is 1. The normalized spacial score (nSPS) is 19.1. The van der Waals surface area contributed by atoms with Crippen molar-refractivity contribution in [3.8, 4) is 0 Å². The Morgan fingerprint density at radius 3 is 2.30 bits per heavy atom. The number of hydrogen-bond donors (Lipinski definition) is 2. The third-order valence-corrected chi connectivity index (χ3v) is 6.86. The lowest BCUT2D eigenvalue weighted by Gasteiger charge is -2.37. The second kappa shape index (κ2) is 10.7. The molecule has 0 radical (unpaired) electrons. The Labute approximate surface area is 195 Å². The summed E-state index contributed by atoms with van der Waals surface area (Å²) in [4.78, 5) is 34.4. The van der Waals surface area contributed by atoms with Crippen molar-refractivity contribution in [2.75, 3.05) is 44.7 Å². The van der Waals surface area contributed by atoms with Crippen LogP contribution in [0.2, 0.25) is 0 Å². The SMILES string of the molecule is CN=C(Cc1ccnc(N)c1)C1CCN(C(=O)C2CCN(Cc3cnc(N)nc3)CC2)CC1. The van der Waals surface area contributed by atoms with Crippen molar-refractivity contribution < 1.29 is 4.79 Å². The second-order valence-corrected chi connectivity index (χ2v) is 9.08. The average Bonchev–Trinajstić information content (AvgIpc) is 2.84. The molecular weight excluding hydrogens is 416 g/mol. The first kappa shape index (κ1) is 23.1. The Balaban J connectivity index is 1.23. The van der Waals surface area contributed by atoms with Crippen molar-refractivity contribution in [2.24, 2.45) is 16.8 Å². The van der Waals surface area contributed by atoms with Crippen LogP contribution < -0.4 is 11.5 Å². The monoisotopic (exact) mass is 450 g/mol. The van der Waals surface area contributed by atoms with E-state index in [1.165, 1.54) is 5.71 Å². The summed E-state index contributed by atoms with van der Waals surface area (Å²) in [7, 11) is 1.86. The van der Waals surface area contributed by atoms with Crippen molar-refractivity contribution in [2.45, 2.75) is 38.6 Å². The minimum absolute atomic E-state index is 0.125. The van der Waals surface area contributed by atoms with Crippen LogP contribution >= 0.6 is 0 Å². The van der Waals surface area contributed by atoms with Crippen LogP contribution in [0.4, 0.5) is 11.8 Å². The molecule has 4 heterocycles. The van der Waals surface area contributed by atoms with Crippen molar-refractivity contribution >= 4 is 23.4 Å². The number of piperidine rings is 2. The third kappa shape index (κ3) is 6.04. The average molecular weight is 451 g/mol. The number of likely N-dealkylation sites (tertiary alicyclic amines) is 2. The van der Waals surface area contributed by atoms with Gasteiger partial charge in [-0.15, -0.1) is 0 Å². The molecule has 9 heteroatoms. The van der Waals surface area contributed by atoms with Gasteiger partial charge in [0.2, 0.25) is 11.9 Å². The van der Waals surface area contributed by atoms with E-state index in [0.29, 0.717) is 23.6 Å². The molecule has 2 aromatic heterocycles. The van der Waals surface area contributed by atoms with E-state index >= 15 is 0 Å². The summed E-state index contributed by atoms with van der Waals surface area (Å²) in [5, 5.41) is 0. The number of nitrogens with two attached hydrogens (primary N) is 2. The summed E-state index contributed by atoms with van der Waals surface area (Å²) in [6.45, 7) is 4.25. The molecule has 2 aliphatic heterocycles. The number of carbonyl (C=O) groups excluding carboxylic acids is 1. The molecule has 0 unspecified atom stereocenters. The van der Waals surface area contributed by atoms with E-state index in [9.17, 15) is 4.79 Å². The molecule has 2 fully saturated rings. The topological polar surface area (TPSA) is 127 Å². The van der Waals surface area contributed by atoms with E-state index < -0.39 is 0 Å². The molecule has 176 valence electrons. The standard InChI is InChI=1S/C24H34N8O/c1-27-21(12-17-2-7-28-22(25)13-17)19-5-10-32(11-6-19)23(33)20-3-8-31(9-4-20)16-18-14-29-24(26)30-15-18/h2,7,13-15,19-20H,3-6,8-12,16H2,1H3,(H2,25,28)(H2,26,29,30). The molecule has 0 aliphatic carbocycles. The number of aromatic nitrogens is 3. The molecule has 0 aromatic carbocycles. The Kier molecular flexibility index (Phi) is 7.49. The molecule has 2 aromatic rings. The van der Waals surface area contributed by atoms with Crippen LogP contribution in [-0.2, 0) is 17.8 Å². The molecule has 0 atom stereocenters. The first-order chi connectivity index (χ1) is 16.0. The maximum absolute atomic E-state index is 13.2. The summed E-state index contributed by atoms with van der Waals surface area (Å²) in [6.07, 6.45) is 9.83. The number of pyridine rings is 1. The largest absolute Gasteiger partial charge is 0.384 e. The number of hydrogen-bond acceptors (Lipinski definition) is 8. The summed E-state index contributed by atoms with van der Waals surface area (Å²) in [5.74, 6) is 1.69. The number of nitrogen functional groups attached to an aromatic ring is 2. The molecule has 0 bridgehead atoms. The van der Waals surface area contributed by atoms with Gasteiger partial charge in [-0.25, -0.2) is 15.0 Å². The van der Waals surface area contributed by atoms with Crippen LogP contribution in [0.15, 0.2) is 35.7 Å². The maximum atomic E-state index is 13.2. The minimum atomic E-state index is 0.125. The van der Waals surface area contributed by atoms with E-state index in [1.54, 1.807) is 18.6 Å². The minimum Gasteiger partial charge on any atom is -0.384 e. The highest BCUT2D eigenvalue weighted by molar-refractivity contribution is 5.89. The molecule has 1 amide bonds. The van der Waals surface area contributed by atoms with Gasteiger partial charge in [-0.2, -0.15) is 0 Å².